The van der Waals surface area contributed by atoms with E-state index in [0.29, 0.717) is 5.56 Å². The SMILES string of the molecule is N#Cc1c(C(F)(F)F)c(Br)c(-c2ccccc2)[nH]c1=O. The summed E-state index contributed by atoms with van der Waals surface area (Å²) in [6, 6.07) is 9.37. The van der Waals surface area contributed by atoms with Crippen molar-refractivity contribution in [1.29, 1.82) is 5.26 Å². The first-order valence-corrected chi connectivity index (χ1v) is 6.14. The molecule has 1 heterocycles. The highest BCUT2D eigenvalue weighted by Gasteiger charge is 2.38. The number of nitriles is 1. The molecule has 0 fully saturated rings. The largest absolute Gasteiger partial charge is 0.419 e. The van der Waals surface area contributed by atoms with Crippen LogP contribution in [0.3, 0.4) is 0 Å². The van der Waals surface area contributed by atoms with E-state index in [-0.39, 0.29) is 10.2 Å². The summed E-state index contributed by atoms with van der Waals surface area (Å²) in [6.07, 6.45) is -4.80. The Morgan fingerprint density at radius 1 is 1.20 bits per heavy atom. The van der Waals surface area contributed by atoms with Crippen molar-refractivity contribution >= 4 is 15.9 Å². The van der Waals surface area contributed by atoms with Crippen LogP contribution in [0.25, 0.3) is 11.3 Å². The van der Waals surface area contributed by atoms with Gasteiger partial charge >= 0.3 is 6.18 Å². The molecule has 0 saturated carbocycles. The molecule has 0 spiro atoms. The molecule has 7 heteroatoms. The normalized spacial score (nSPS) is 11.2. The molecule has 0 bridgehead atoms. The number of aromatic amines is 1. The fourth-order valence-corrected chi connectivity index (χ4v) is 2.51. The van der Waals surface area contributed by atoms with E-state index in [4.69, 9.17) is 5.26 Å². The van der Waals surface area contributed by atoms with E-state index in [2.05, 4.69) is 20.9 Å². The Morgan fingerprint density at radius 2 is 1.80 bits per heavy atom. The molecule has 0 radical (unpaired) electrons. The lowest BCUT2D eigenvalue weighted by Crippen LogP contribution is -2.21. The summed E-state index contributed by atoms with van der Waals surface area (Å²) in [6.45, 7) is 0. The third-order valence-electron chi connectivity index (χ3n) is 2.61. The van der Waals surface area contributed by atoms with E-state index in [0.717, 1.165) is 0 Å². The minimum atomic E-state index is -4.80. The maximum Gasteiger partial charge on any atom is 0.419 e. The van der Waals surface area contributed by atoms with Crippen LogP contribution in [0.15, 0.2) is 39.6 Å². The maximum atomic E-state index is 13.0. The number of pyridine rings is 1. The average Bonchev–Trinajstić information content (AvgIpc) is 2.40. The van der Waals surface area contributed by atoms with Crippen LogP contribution < -0.4 is 5.56 Å². The lowest BCUT2D eigenvalue weighted by atomic mass is 10.1. The smallest absolute Gasteiger partial charge is 0.320 e. The molecule has 0 aliphatic carbocycles. The monoisotopic (exact) mass is 342 g/mol. The molecular weight excluding hydrogens is 337 g/mol. The third kappa shape index (κ3) is 2.47. The first kappa shape index (κ1) is 14.3. The number of nitrogens with zero attached hydrogens (tertiary/aromatic N) is 1. The van der Waals surface area contributed by atoms with E-state index in [9.17, 15) is 18.0 Å². The standard InChI is InChI=1S/C13H6BrF3N2O/c14-10-9(13(15,16)17)8(6-18)12(20)19-11(10)7-4-2-1-3-5-7/h1-5H,(H,19,20). The maximum absolute atomic E-state index is 13.0. The number of hydrogen-bond donors (Lipinski definition) is 1. The molecule has 0 aliphatic heterocycles. The molecular formula is C13H6BrF3N2O. The number of halogens is 4. The summed E-state index contributed by atoms with van der Waals surface area (Å²) >= 11 is 2.84. The van der Waals surface area contributed by atoms with E-state index >= 15 is 0 Å². The summed E-state index contributed by atoms with van der Waals surface area (Å²) in [5, 5.41) is 8.76. The Balaban J connectivity index is 2.86. The van der Waals surface area contributed by atoms with Crippen molar-refractivity contribution in [3.63, 3.8) is 0 Å². The van der Waals surface area contributed by atoms with Gasteiger partial charge in [0.2, 0.25) is 0 Å². The average molecular weight is 343 g/mol. The zero-order valence-electron chi connectivity index (χ0n) is 9.75. The Bertz CT molecular complexity index is 745. The lowest BCUT2D eigenvalue weighted by molar-refractivity contribution is -0.138. The first-order valence-electron chi connectivity index (χ1n) is 5.34. The number of rotatable bonds is 1. The number of aromatic nitrogens is 1. The summed E-state index contributed by atoms with van der Waals surface area (Å²) in [5.74, 6) is 0. The van der Waals surface area contributed by atoms with Crippen LogP contribution in [0.1, 0.15) is 11.1 Å². The molecule has 0 saturated heterocycles. The Morgan fingerprint density at radius 3 is 2.30 bits per heavy atom. The van der Waals surface area contributed by atoms with Gasteiger partial charge in [-0.3, -0.25) is 4.79 Å². The summed E-state index contributed by atoms with van der Waals surface area (Å²) in [5.41, 5.74) is -2.89. The zero-order valence-corrected chi connectivity index (χ0v) is 11.3. The van der Waals surface area contributed by atoms with Gasteiger partial charge in [-0.25, -0.2) is 0 Å². The van der Waals surface area contributed by atoms with Gasteiger partial charge in [-0.1, -0.05) is 30.3 Å². The van der Waals surface area contributed by atoms with Crippen LogP contribution >= 0.6 is 15.9 Å². The molecule has 20 heavy (non-hydrogen) atoms. The molecule has 0 amide bonds. The van der Waals surface area contributed by atoms with Gasteiger partial charge in [0.25, 0.3) is 5.56 Å². The van der Waals surface area contributed by atoms with Gasteiger partial charge in [-0.05, 0) is 21.5 Å². The van der Waals surface area contributed by atoms with Crippen molar-refractivity contribution < 1.29 is 13.2 Å². The molecule has 0 atom stereocenters. The number of hydrogen-bond acceptors (Lipinski definition) is 2. The van der Waals surface area contributed by atoms with E-state index in [1.807, 2.05) is 0 Å². The Labute approximate surface area is 119 Å². The summed E-state index contributed by atoms with van der Waals surface area (Å²) < 4.78 is 38.8. The van der Waals surface area contributed by atoms with E-state index in [1.54, 1.807) is 30.3 Å². The van der Waals surface area contributed by atoms with Crippen LogP contribution in [0, 0.1) is 11.3 Å². The van der Waals surface area contributed by atoms with Crippen LogP contribution in [-0.2, 0) is 6.18 Å². The fraction of sp³-hybridized carbons (Fsp3) is 0.0769. The minimum Gasteiger partial charge on any atom is -0.320 e. The predicted molar refractivity (Wildman–Crippen MR) is 69.9 cm³/mol. The highest BCUT2D eigenvalue weighted by molar-refractivity contribution is 9.10. The summed E-state index contributed by atoms with van der Waals surface area (Å²) in [4.78, 5) is 14.0. The van der Waals surface area contributed by atoms with Crippen molar-refractivity contribution in [3.05, 3.63) is 56.3 Å². The minimum absolute atomic E-state index is 0.0121. The molecule has 102 valence electrons. The molecule has 1 aromatic heterocycles. The number of nitrogens with one attached hydrogen (secondary N) is 1. The quantitative estimate of drug-likeness (QED) is 0.859. The van der Waals surface area contributed by atoms with Crippen molar-refractivity contribution in [1.82, 2.24) is 4.98 Å². The number of H-pyrrole nitrogens is 1. The van der Waals surface area contributed by atoms with Crippen molar-refractivity contribution in [2.24, 2.45) is 0 Å². The van der Waals surface area contributed by atoms with Crippen molar-refractivity contribution in [2.45, 2.75) is 6.18 Å². The van der Waals surface area contributed by atoms with Crippen LogP contribution in [0.5, 0.6) is 0 Å². The van der Waals surface area contributed by atoms with E-state index in [1.165, 1.54) is 6.07 Å². The van der Waals surface area contributed by atoms with Crippen LogP contribution in [0.2, 0.25) is 0 Å². The van der Waals surface area contributed by atoms with Crippen LogP contribution in [-0.4, -0.2) is 4.98 Å². The molecule has 1 aromatic carbocycles. The van der Waals surface area contributed by atoms with Gasteiger partial charge in [0.15, 0.2) is 0 Å². The fourth-order valence-electron chi connectivity index (χ4n) is 1.76. The second kappa shape index (κ2) is 5.13. The van der Waals surface area contributed by atoms with Gasteiger partial charge in [-0.15, -0.1) is 0 Å². The molecule has 0 unspecified atom stereocenters. The summed E-state index contributed by atoms with van der Waals surface area (Å²) in [7, 11) is 0. The van der Waals surface area contributed by atoms with Gasteiger partial charge < -0.3 is 4.98 Å². The predicted octanol–water partition coefficient (Wildman–Crippen LogP) is 3.69. The second-order valence-corrected chi connectivity index (χ2v) is 4.66. The van der Waals surface area contributed by atoms with E-state index < -0.39 is 22.9 Å². The zero-order chi connectivity index (χ0) is 14.9. The molecule has 3 nitrogen and oxygen atoms in total. The van der Waals surface area contributed by atoms with Crippen molar-refractivity contribution in [3.8, 4) is 17.3 Å². The Hall–Kier alpha value is -2.07. The molecule has 2 aromatic rings. The topological polar surface area (TPSA) is 56.6 Å². The molecule has 1 N–H and O–H groups in total. The van der Waals surface area contributed by atoms with Gasteiger partial charge in [0.05, 0.1) is 15.7 Å². The molecule has 0 aliphatic rings. The first-order chi connectivity index (χ1) is 9.36. The highest BCUT2D eigenvalue weighted by Crippen LogP contribution is 2.39. The van der Waals surface area contributed by atoms with Crippen molar-refractivity contribution in [2.75, 3.05) is 0 Å². The second-order valence-electron chi connectivity index (χ2n) is 3.87. The number of alkyl halides is 3. The van der Waals surface area contributed by atoms with Crippen LogP contribution in [0.4, 0.5) is 13.2 Å². The highest BCUT2D eigenvalue weighted by atomic mass is 79.9. The Kier molecular flexibility index (Phi) is 3.68. The molecule has 2 rings (SSSR count). The lowest BCUT2D eigenvalue weighted by Gasteiger charge is -2.14. The van der Waals surface area contributed by atoms with Gasteiger partial charge in [0, 0.05) is 0 Å². The van der Waals surface area contributed by atoms with Gasteiger partial charge in [0.1, 0.15) is 11.6 Å². The van der Waals surface area contributed by atoms with Gasteiger partial charge in [-0.2, -0.15) is 18.4 Å². The third-order valence-corrected chi connectivity index (χ3v) is 3.41. The number of benzene rings is 1.